The minimum Gasteiger partial charge on any atom is -0.302 e. The zero-order valence-electron chi connectivity index (χ0n) is 7.88. The quantitative estimate of drug-likeness (QED) is 0.574. The summed E-state index contributed by atoms with van der Waals surface area (Å²) in [4.78, 5) is 22.3. The highest BCUT2D eigenvalue weighted by Gasteiger charge is 2.46. The molecule has 0 spiro atoms. The van der Waals surface area contributed by atoms with E-state index >= 15 is 0 Å². The molecule has 2 nitrogen and oxygen atoms in total. The molecule has 2 heteroatoms. The van der Waals surface area contributed by atoms with Crippen LogP contribution in [0, 0.1) is 11.3 Å². The van der Waals surface area contributed by atoms with Gasteiger partial charge in [0.2, 0.25) is 0 Å². The minimum absolute atomic E-state index is 0.196. The fourth-order valence-electron chi connectivity index (χ4n) is 2.64. The molecule has 2 rings (SSSR count). The normalized spacial score (nSPS) is 38.4. The van der Waals surface area contributed by atoms with Crippen molar-refractivity contribution in [3.05, 3.63) is 11.6 Å². The Balaban J connectivity index is 2.44. The molecule has 0 aromatic heterocycles. The Morgan fingerprint density at radius 2 is 2.31 bits per heavy atom. The fourth-order valence-corrected chi connectivity index (χ4v) is 2.64. The maximum absolute atomic E-state index is 11.2. The minimum atomic E-state index is -0.270. The van der Waals surface area contributed by atoms with Crippen molar-refractivity contribution >= 4 is 12.1 Å². The lowest BCUT2D eigenvalue weighted by molar-refractivity contribution is -0.119. The molecule has 2 aliphatic carbocycles. The summed E-state index contributed by atoms with van der Waals surface area (Å²) in [7, 11) is 0. The van der Waals surface area contributed by atoms with E-state index in [-0.39, 0.29) is 11.2 Å². The van der Waals surface area contributed by atoms with Crippen LogP contribution < -0.4 is 0 Å². The summed E-state index contributed by atoms with van der Waals surface area (Å²) in [5, 5.41) is 0. The van der Waals surface area contributed by atoms with Gasteiger partial charge in [0.1, 0.15) is 6.29 Å². The van der Waals surface area contributed by atoms with Gasteiger partial charge in [0.05, 0.1) is 5.41 Å². The van der Waals surface area contributed by atoms with Crippen molar-refractivity contribution in [3.63, 3.8) is 0 Å². The first-order valence-electron chi connectivity index (χ1n) is 4.89. The molecular weight excluding hydrogens is 164 g/mol. The average Bonchev–Trinajstić information content (AvgIpc) is 2.44. The maximum Gasteiger partial charge on any atom is 0.155 e. The predicted molar refractivity (Wildman–Crippen MR) is 49.2 cm³/mol. The van der Waals surface area contributed by atoms with Crippen molar-refractivity contribution in [1.29, 1.82) is 0 Å². The van der Waals surface area contributed by atoms with Crippen LogP contribution in [-0.2, 0) is 9.59 Å². The van der Waals surface area contributed by atoms with Gasteiger partial charge in [-0.25, -0.2) is 0 Å². The number of carbonyl (C=O) groups excluding carboxylic acids is 2. The molecule has 0 unspecified atom stereocenters. The molecular formula is C11H14O2. The summed E-state index contributed by atoms with van der Waals surface area (Å²) in [6, 6.07) is 0. The van der Waals surface area contributed by atoms with Gasteiger partial charge >= 0.3 is 0 Å². The van der Waals surface area contributed by atoms with Crippen LogP contribution in [0.25, 0.3) is 0 Å². The van der Waals surface area contributed by atoms with E-state index in [4.69, 9.17) is 0 Å². The van der Waals surface area contributed by atoms with Crippen LogP contribution >= 0.6 is 0 Å². The maximum atomic E-state index is 11.2. The molecule has 0 amide bonds. The Bertz CT molecular complexity index is 290. The third-order valence-corrected chi connectivity index (χ3v) is 3.65. The Kier molecular flexibility index (Phi) is 1.86. The molecule has 0 heterocycles. The molecule has 70 valence electrons. The van der Waals surface area contributed by atoms with Gasteiger partial charge in [-0.05, 0) is 31.3 Å². The second-order valence-electron chi connectivity index (χ2n) is 4.23. The van der Waals surface area contributed by atoms with Crippen molar-refractivity contribution in [1.82, 2.24) is 0 Å². The van der Waals surface area contributed by atoms with Gasteiger partial charge in [-0.15, -0.1) is 0 Å². The van der Waals surface area contributed by atoms with E-state index in [1.807, 2.05) is 0 Å². The summed E-state index contributed by atoms with van der Waals surface area (Å²) in [6.07, 6.45) is 6.06. The van der Waals surface area contributed by atoms with Gasteiger partial charge in [0, 0.05) is 6.42 Å². The monoisotopic (exact) mass is 178 g/mol. The highest BCUT2D eigenvalue weighted by Crippen LogP contribution is 2.50. The second kappa shape index (κ2) is 2.79. The molecule has 0 bridgehead atoms. The third-order valence-electron chi connectivity index (χ3n) is 3.65. The van der Waals surface area contributed by atoms with Crippen LogP contribution in [0.2, 0.25) is 0 Å². The topological polar surface area (TPSA) is 34.1 Å². The van der Waals surface area contributed by atoms with Crippen LogP contribution in [0.4, 0.5) is 0 Å². The molecule has 0 aliphatic heterocycles. The van der Waals surface area contributed by atoms with Crippen LogP contribution in [0.3, 0.4) is 0 Å². The van der Waals surface area contributed by atoms with Crippen molar-refractivity contribution in [2.24, 2.45) is 11.3 Å². The summed E-state index contributed by atoms with van der Waals surface area (Å²) in [6.45, 7) is 2.12. The van der Waals surface area contributed by atoms with Crippen LogP contribution in [0.1, 0.15) is 32.6 Å². The number of aldehydes is 1. The molecule has 2 atom stereocenters. The summed E-state index contributed by atoms with van der Waals surface area (Å²) < 4.78 is 0. The highest BCUT2D eigenvalue weighted by atomic mass is 16.1. The first-order valence-corrected chi connectivity index (χ1v) is 4.89. The zero-order valence-corrected chi connectivity index (χ0v) is 7.88. The van der Waals surface area contributed by atoms with Gasteiger partial charge in [0.25, 0.3) is 0 Å². The molecule has 13 heavy (non-hydrogen) atoms. The number of hydrogen-bond acceptors (Lipinski definition) is 2. The van der Waals surface area contributed by atoms with Gasteiger partial charge in [-0.3, -0.25) is 4.79 Å². The lowest BCUT2D eigenvalue weighted by Crippen LogP contribution is -2.31. The summed E-state index contributed by atoms with van der Waals surface area (Å²) in [5.41, 5.74) is 0.819. The number of rotatable bonds is 1. The van der Waals surface area contributed by atoms with E-state index in [1.54, 1.807) is 6.08 Å². The third kappa shape index (κ3) is 1.08. The molecule has 0 aromatic carbocycles. The number of hydrogen-bond donors (Lipinski definition) is 0. The first-order chi connectivity index (χ1) is 6.19. The van der Waals surface area contributed by atoms with Crippen LogP contribution in [0.5, 0.6) is 0 Å². The Morgan fingerprint density at radius 1 is 1.54 bits per heavy atom. The smallest absolute Gasteiger partial charge is 0.155 e. The van der Waals surface area contributed by atoms with E-state index in [1.165, 1.54) is 0 Å². The molecule has 0 saturated heterocycles. The van der Waals surface area contributed by atoms with Crippen LogP contribution in [0.15, 0.2) is 11.6 Å². The predicted octanol–water partition coefficient (Wildman–Crippen LogP) is 1.89. The molecule has 2 aliphatic rings. The van der Waals surface area contributed by atoms with Gasteiger partial charge in [-0.1, -0.05) is 12.5 Å². The van der Waals surface area contributed by atoms with E-state index < -0.39 is 0 Å². The molecule has 0 N–H and O–H groups in total. The fraction of sp³-hybridized carbons (Fsp3) is 0.636. The van der Waals surface area contributed by atoms with E-state index in [0.29, 0.717) is 12.3 Å². The lowest BCUT2D eigenvalue weighted by Gasteiger charge is -2.31. The largest absolute Gasteiger partial charge is 0.302 e. The van der Waals surface area contributed by atoms with E-state index in [9.17, 15) is 9.59 Å². The van der Waals surface area contributed by atoms with Gasteiger partial charge < -0.3 is 4.79 Å². The number of ketones is 1. The average molecular weight is 178 g/mol. The van der Waals surface area contributed by atoms with Gasteiger partial charge in [0.15, 0.2) is 5.78 Å². The molecule has 0 radical (unpaired) electrons. The Labute approximate surface area is 78.0 Å². The van der Waals surface area contributed by atoms with Crippen molar-refractivity contribution < 1.29 is 9.59 Å². The van der Waals surface area contributed by atoms with Crippen molar-refractivity contribution in [3.8, 4) is 0 Å². The second-order valence-corrected chi connectivity index (χ2v) is 4.23. The number of fused-ring (bicyclic) bond motifs is 1. The Morgan fingerprint density at radius 3 is 3.00 bits per heavy atom. The summed E-state index contributed by atoms with van der Waals surface area (Å²) >= 11 is 0. The number of carbonyl (C=O) groups is 2. The Hall–Kier alpha value is -0.920. The van der Waals surface area contributed by atoms with Crippen molar-refractivity contribution in [2.75, 3.05) is 0 Å². The number of allylic oxidation sites excluding steroid dienone is 2. The zero-order chi connectivity index (χ0) is 9.47. The summed E-state index contributed by atoms with van der Waals surface area (Å²) in [5.74, 6) is 0.617. The molecule has 1 saturated carbocycles. The van der Waals surface area contributed by atoms with E-state index in [2.05, 4.69) is 6.92 Å². The van der Waals surface area contributed by atoms with E-state index in [0.717, 1.165) is 31.1 Å². The SMILES string of the molecule is C[C@@H]1CCC2=CC(=O)CC[C@]21C=O. The molecule has 1 fully saturated rings. The highest BCUT2D eigenvalue weighted by molar-refractivity contribution is 5.93. The lowest BCUT2D eigenvalue weighted by atomic mass is 9.70. The molecule has 0 aromatic rings. The van der Waals surface area contributed by atoms with Gasteiger partial charge in [-0.2, -0.15) is 0 Å². The van der Waals surface area contributed by atoms with Crippen LogP contribution in [-0.4, -0.2) is 12.1 Å². The first kappa shape index (κ1) is 8.67. The van der Waals surface area contributed by atoms with Crippen molar-refractivity contribution in [2.45, 2.75) is 32.6 Å². The standard InChI is InChI=1S/C11H14O2/c1-8-2-3-9-6-10(13)4-5-11(8,9)7-12/h6-8H,2-5H2,1H3/t8-,11-/m1/s1.